The molecule has 0 aliphatic heterocycles. The molecule has 0 spiro atoms. The average Bonchev–Trinajstić information content (AvgIpc) is 2.64. The number of thiophene rings is 1. The van der Waals surface area contributed by atoms with E-state index < -0.39 is 0 Å². The molecule has 0 fully saturated rings. The molecule has 0 bridgehead atoms. The topological polar surface area (TPSA) is 55.1 Å². The van der Waals surface area contributed by atoms with Crippen molar-refractivity contribution in [3.8, 4) is 0 Å². The highest BCUT2D eigenvalue weighted by Crippen LogP contribution is 2.16. The lowest BCUT2D eigenvalue weighted by Crippen LogP contribution is -2.44. The molecule has 1 amide bonds. The molecule has 1 heterocycles. The van der Waals surface area contributed by atoms with Gasteiger partial charge in [-0.05, 0) is 32.4 Å². The third-order valence-electron chi connectivity index (χ3n) is 2.63. The number of aryl methyl sites for hydroxylation is 1. The van der Waals surface area contributed by atoms with E-state index in [0.717, 1.165) is 19.3 Å². The van der Waals surface area contributed by atoms with Crippen LogP contribution in [0.2, 0.25) is 0 Å². The summed E-state index contributed by atoms with van der Waals surface area (Å²) in [6.07, 6.45) is 2.56. The molecular weight excluding hydrogens is 232 g/mol. The zero-order valence-electron chi connectivity index (χ0n) is 10.8. The van der Waals surface area contributed by atoms with Gasteiger partial charge in [0, 0.05) is 22.2 Å². The van der Waals surface area contributed by atoms with Crippen molar-refractivity contribution in [1.29, 1.82) is 0 Å². The Labute approximate surface area is 107 Å². The third kappa shape index (κ3) is 4.88. The lowest BCUT2D eigenvalue weighted by atomic mass is 10.1. The number of carbonyl (C=O) groups is 1. The standard InChI is InChI=1S/C13H22N2OS/c1-4-5-12(14)13(16)15-9(2)8-11-7-6-10(3)17-11/h6-7,9,12H,4-5,8,14H2,1-3H3,(H,15,16)/t9?,12-/m0/s1. The Morgan fingerprint density at radius 2 is 2.24 bits per heavy atom. The van der Waals surface area contributed by atoms with Crippen molar-refractivity contribution < 1.29 is 4.79 Å². The largest absolute Gasteiger partial charge is 0.352 e. The van der Waals surface area contributed by atoms with Crippen molar-refractivity contribution in [2.75, 3.05) is 0 Å². The van der Waals surface area contributed by atoms with E-state index in [1.54, 1.807) is 11.3 Å². The van der Waals surface area contributed by atoms with Crippen molar-refractivity contribution in [2.24, 2.45) is 5.73 Å². The molecular formula is C13H22N2OS. The second kappa shape index (κ2) is 6.77. The summed E-state index contributed by atoms with van der Waals surface area (Å²) in [7, 11) is 0. The average molecular weight is 254 g/mol. The van der Waals surface area contributed by atoms with Crippen LogP contribution >= 0.6 is 11.3 Å². The molecule has 0 aromatic carbocycles. The Hall–Kier alpha value is -0.870. The van der Waals surface area contributed by atoms with Crippen LogP contribution in [0.15, 0.2) is 12.1 Å². The first-order valence-corrected chi connectivity index (χ1v) is 6.95. The van der Waals surface area contributed by atoms with Gasteiger partial charge in [0.2, 0.25) is 5.91 Å². The molecule has 2 atom stereocenters. The fraction of sp³-hybridized carbons (Fsp3) is 0.615. The fourth-order valence-electron chi connectivity index (χ4n) is 1.74. The lowest BCUT2D eigenvalue weighted by molar-refractivity contribution is -0.123. The van der Waals surface area contributed by atoms with Gasteiger partial charge in [0.1, 0.15) is 0 Å². The highest BCUT2D eigenvalue weighted by molar-refractivity contribution is 7.11. The number of amides is 1. The SMILES string of the molecule is CCC[C@H](N)C(=O)NC(C)Cc1ccc(C)s1. The molecule has 1 aromatic rings. The maximum Gasteiger partial charge on any atom is 0.237 e. The van der Waals surface area contributed by atoms with Gasteiger partial charge in [-0.2, -0.15) is 0 Å². The Balaban J connectivity index is 2.38. The highest BCUT2D eigenvalue weighted by Gasteiger charge is 2.15. The molecule has 0 aliphatic rings. The maximum absolute atomic E-state index is 11.7. The van der Waals surface area contributed by atoms with Gasteiger partial charge in [0.25, 0.3) is 0 Å². The van der Waals surface area contributed by atoms with E-state index in [9.17, 15) is 4.79 Å². The number of rotatable bonds is 6. The summed E-state index contributed by atoms with van der Waals surface area (Å²) in [5, 5.41) is 2.96. The Morgan fingerprint density at radius 1 is 1.53 bits per heavy atom. The molecule has 1 aromatic heterocycles. The molecule has 0 radical (unpaired) electrons. The van der Waals surface area contributed by atoms with Gasteiger partial charge in [-0.15, -0.1) is 11.3 Å². The number of hydrogen-bond acceptors (Lipinski definition) is 3. The van der Waals surface area contributed by atoms with Crippen molar-refractivity contribution in [3.63, 3.8) is 0 Å². The summed E-state index contributed by atoms with van der Waals surface area (Å²) >= 11 is 1.78. The Kier molecular flexibility index (Phi) is 5.65. The van der Waals surface area contributed by atoms with Gasteiger partial charge in [0.15, 0.2) is 0 Å². The van der Waals surface area contributed by atoms with Gasteiger partial charge in [-0.25, -0.2) is 0 Å². The van der Waals surface area contributed by atoms with Crippen LogP contribution in [0.25, 0.3) is 0 Å². The van der Waals surface area contributed by atoms with Crippen molar-refractivity contribution in [3.05, 3.63) is 21.9 Å². The van der Waals surface area contributed by atoms with E-state index in [1.165, 1.54) is 9.75 Å². The number of hydrogen-bond donors (Lipinski definition) is 2. The van der Waals surface area contributed by atoms with E-state index in [2.05, 4.69) is 24.4 Å². The minimum absolute atomic E-state index is 0.0346. The van der Waals surface area contributed by atoms with Crippen LogP contribution in [0.1, 0.15) is 36.4 Å². The zero-order valence-corrected chi connectivity index (χ0v) is 11.6. The van der Waals surface area contributed by atoms with Crippen LogP contribution in [0, 0.1) is 6.92 Å². The normalized spacial score (nSPS) is 14.4. The summed E-state index contributed by atoms with van der Waals surface area (Å²) < 4.78 is 0. The number of nitrogens with one attached hydrogen (secondary N) is 1. The summed E-state index contributed by atoms with van der Waals surface area (Å²) in [5.74, 6) is -0.0346. The molecule has 96 valence electrons. The first-order valence-electron chi connectivity index (χ1n) is 6.14. The Bertz CT molecular complexity index is 362. The van der Waals surface area contributed by atoms with Crippen molar-refractivity contribution in [1.82, 2.24) is 5.32 Å². The van der Waals surface area contributed by atoms with Crippen LogP contribution in [0.4, 0.5) is 0 Å². The molecule has 0 saturated heterocycles. The van der Waals surface area contributed by atoms with Crippen LogP contribution in [-0.2, 0) is 11.2 Å². The van der Waals surface area contributed by atoms with Gasteiger partial charge >= 0.3 is 0 Å². The molecule has 3 nitrogen and oxygen atoms in total. The van der Waals surface area contributed by atoms with Crippen LogP contribution in [-0.4, -0.2) is 18.0 Å². The monoisotopic (exact) mass is 254 g/mol. The van der Waals surface area contributed by atoms with Gasteiger partial charge in [-0.1, -0.05) is 13.3 Å². The lowest BCUT2D eigenvalue weighted by Gasteiger charge is -2.16. The van der Waals surface area contributed by atoms with Gasteiger partial charge < -0.3 is 11.1 Å². The number of nitrogens with two attached hydrogens (primary N) is 1. The second-order valence-electron chi connectivity index (χ2n) is 4.52. The second-order valence-corrected chi connectivity index (χ2v) is 5.89. The summed E-state index contributed by atoms with van der Waals surface area (Å²) in [5.41, 5.74) is 5.76. The van der Waals surface area contributed by atoms with Crippen molar-refractivity contribution >= 4 is 17.2 Å². The van der Waals surface area contributed by atoms with Gasteiger partial charge in [0.05, 0.1) is 6.04 Å². The van der Waals surface area contributed by atoms with Crippen LogP contribution in [0.3, 0.4) is 0 Å². The summed E-state index contributed by atoms with van der Waals surface area (Å²) in [6, 6.07) is 4.00. The number of carbonyl (C=O) groups excluding carboxylic acids is 1. The Morgan fingerprint density at radius 3 is 2.76 bits per heavy atom. The minimum Gasteiger partial charge on any atom is -0.352 e. The molecule has 17 heavy (non-hydrogen) atoms. The quantitative estimate of drug-likeness (QED) is 0.818. The summed E-state index contributed by atoms with van der Waals surface area (Å²) in [6.45, 7) is 6.14. The molecule has 0 aliphatic carbocycles. The van der Waals surface area contributed by atoms with Crippen molar-refractivity contribution in [2.45, 2.75) is 52.1 Å². The third-order valence-corrected chi connectivity index (χ3v) is 3.65. The zero-order chi connectivity index (χ0) is 12.8. The molecule has 0 saturated carbocycles. The maximum atomic E-state index is 11.7. The van der Waals surface area contributed by atoms with E-state index in [0.29, 0.717) is 0 Å². The molecule has 1 unspecified atom stereocenters. The smallest absolute Gasteiger partial charge is 0.237 e. The predicted molar refractivity (Wildman–Crippen MR) is 73.2 cm³/mol. The van der Waals surface area contributed by atoms with Gasteiger partial charge in [-0.3, -0.25) is 4.79 Å². The first-order chi connectivity index (χ1) is 8.02. The van der Waals surface area contributed by atoms with E-state index in [1.807, 2.05) is 13.8 Å². The first kappa shape index (κ1) is 14.2. The van der Waals surface area contributed by atoms with Crippen LogP contribution in [0.5, 0.6) is 0 Å². The summed E-state index contributed by atoms with van der Waals surface area (Å²) in [4.78, 5) is 14.3. The minimum atomic E-state index is -0.368. The van der Waals surface area contributed by atoms with E-state index >= 15 is 0 Å². The fourth-order valence-corrected chi connectivity index (χ4v) is 2.76. The van der Waals surface area contributed by atoms with E-state index in [4.69, 9.17) is 5.73 Å². The molecule has 3 N–H and O–H groups in total. The van der Waals surface area contributed by atoms with E-state index in [-0.39, 0.29) is 18.0 Å². The molecule has 4 heteroatoms. The van der Waals surface area contributed by atoms with Crippen LogP contribution < -0.4 is 11.1 Å². The predicted octanol–water partition coefficient (Wildman–Crippen LogP) is 2.23. The molecule has 1 rings (SSSR count). The highest BCUT2D eigenvalue weighted by atomic mass is 32.1.